The summed E-state index contributed by atoms with van der Waals surface area (Å²) in [6.07, 6.45) is 3.45. The predicted octanol–water partition coefficient (Wildman–Crippen LogP) is 0.770. The zero-order chi connectivity index (χ0) is 11.5. The van der Waals surface area contributed by atoms with Crippen LogP contribution in [0.5, 0.6) is 0 Å². The molecule has 0 bridgehead atoms. The lowest BCUT2D eigenvalue weighted by atomic mass is 10.2. The molecule has 86 valence electrons. The van der Waals surface area contributed by atoms with Gasteiger partial charge in [0.1, 0.15) is 0 Å². The Balaban J connectivity index is 2.06. The molecule has 0 N–H and O–H groups in total. The molecule has 5 heteroatoms. The van der Waals surface area contributed by atoms with Crippen molar-refractivity contribution in [1.82, 2.24) is 9.88 Å². The number of nitrogens with zero attached hydrogens (tertiary/aromatic N) is 2. The molecule has 2 rings (SSSR count). The molecule has 1 aliphatic heterocycles. The summed E-state index contributed by atoms with van der Waals surface area (Å²) >= 11 is 1.52. The quantitative estimate of drug-likeness (QED) is 0.764. The molecule has 1 aliphatic rings. The van der Waals surface area contributed by atoms with Gasteiger partial charge in [-0.15, -0.1) is 11.3 Å². The topological polar surface area (TPSA) is 42.4 Å². The van der Waals surface area contributed by atoms with E-state index in [1.165, 1.54) is 11.3 Å². The van der Waals surface area contributed by atoms with Crippen molar-refractivity contribution in [3.8, 4) is 0 Å². The van der Waals surface area contributed by atoms with Crippen molar-refractivity contribution in [1.29, 1.82) is 0 Å². The highest BCUT2D eigenvalue weighted by molar-refractivity contribution is 7.07. The monoisotopic (exact) mass is 238 g/mol. The molecular formula is C11H14N2O2S. The molecule has 2 heterocycles. The van der Waals surface area contributed by atoms with Gasteiger partial charge < -0.3 is 4.74 Å². The maximum absolute atomic E-state index is 11.7. The van der Waals surface area contributed by atoms with Crippen LogP contribution in [-0.2, 0) is 4.74 Å². The van der Waals surface area contributed by atoms with Crippen LogP contribution in [0.2, 0.25) is 0 Å². The lowest BCUT2D eigenvalue weighted by Crippen LogP contribution is -2.37. The molecular weight excluding hydrogens is 224 g/mol. The van der Waals surface area contributed by atoms with Crippen LogP contribution < -0.4 is 9.88 Å². The average Bonchev–Trinajstić information content (AvgIpc) is 2.72. The van der Waals surface area contributed by atoms with E-state index >= 15 is 0 Å². The van der Waals surface area contributed by atoms with Gasteiger partial charge in [0.25, 0.3) is 0 Å². The number of hydrogen-bond acceptors (Lipinski definition) is 4. The number of aromatic nitrogens is 1. The summed E-state index contributed by atoms with van der Waals surface area (Å²) in [4.78, 5) is 17.4. The van der Waals surface area contributed by atoms with E-state index in [-0.39, 0.29) is 6.09 Å². The summed E-state index contributed by atoms with van der Waals surface area (Å²) in [5, 5.41) is 0.956. The van der Waals surface area contributed by atoms with E-state index in [0.29, 0.717) is 19.1 Å². The van der Waals surface area contributed by atoms with E-state index in [1.807, 2.05) is 19.9 Å². The summed E-state index contributed by atoms with van der Waals surface area (Å²) in [5.74, 6) is 0.358. The lowest BCUT2D eigenvalue weighted by molar-refractivity contribution is 0.112. The highest BCUT2D eigenvalue weighted by Gasteiger charge is 2.14. The minimum Gasteiger partial charge on any atom is -0.449 e. The number of carbonyl (C=O) groups excluding carboxylic acids is 1. The van der Waals surface area contributed by atoms with E-state index in [0.717, 1.165) is 9.88 Å². The molecule has 0 atom stereocenters. The van der Waals surface area contributed by atoms with Gasteiger partial charge in [-0.3, -0.25) is 4.90 Å². The zero-order valence-electron chi connectivity index (χ0n) is 9.34. The van der Waals surface area contributed by atoms with Gasteiger partial charge in [-0.1, -0.05) is 13.8 Å². The molecule has 0 fully saturated rings. The highest BCUT2D eigenvalue weighted by atomic mass is 32.1. The Morgan fingerprint density at radius 3 is 3.25 bits per heavy atom. The number of ether oxygens (including phenoxy) is 1. The van der Waals surface area contributed by atoms with Crippen molar-refractivity contribution in [3.63, 3.8) is 0 Å². The van der Waals surface area contributed by atoms with Crippen molar-refractivity contribution >= 4 is 29.7 Å². The Kier molecular flexibility index (Phi) is 3.24. The first kappa shape index (κ1) is 11.1. The fraction of sp³-hybridized carbons (Fsp3) is 0.455. The largest absolute Gasteiger partial charge is 0.449 e. The van der Waals surface area contributed by atoms with Gasteiger partial charge in [0.05, 0.1) is 22.0 Å². The van der Waals surface area contributed by atoms with Crippen LogP contribution in [0.25, 0.3) is 12.3 Å². The normalized spacial score (nSPS) is 14.1. The maximum atomic E-state index is 11.7. The molecule has 1 aromatic rings. The van der Waals surface area contributed by atoms with Crippen LogP contribution in [0.3, 0.4) is 0 Å². The SMILES string of the molecule is CC(C)COC(=O)N1C=c2scnc2=CC1. The number of fused-ring (bicyclic) bond motifs is 1. The van der Waals surface area contributed by atoms with E-state index in [1.54, 1.807) is 16.6 Å². The molecule has 1 amide bonds. The van der Waals surface area contributed by atoms with Crippen LogP contribution >= 0.6 is 11.3 Å². The highest BCUT2D eigenvalue weighted by Crippen LogP contribution is 2.01. The fourth-order valence-corrected chi connectivity index (χ4v) is 2.07. The Bertz CT molecular complexity index is 492. The summed E-state index contributed by atoms with van der Waals surface area (Å²) in [7, 11) is 0. The van der Waals surface area contributed by atoms with E-state index in [9.17, 15) is 4.79 Å². The van der Waals surface area contributed by atoms with Crippen LogP contribution in [-0.4, -0.2) is 29.1 Å². The van der Waals surface area contributed by atoms with Gasteiger partial charge in [0, 0.05) is 12.7 Å². The Morgan fingerprint density at radius 1 is 1.69 bits per heavy atom. The third kappa shape index (κ3) is 2.41. The minimum absolute atomic E-state index is 0.288. The molecule has 0 aliphatic carbocycles. The van der Waals surface area contributed by atoms with Crippen molar-refractivity contribution in [2.75, 3.05) is 13.2 Å². The van der Waals surface area contributed by atoms with E-state index < -0.39 is 0 Å². The van der Waals surface area contributed by atoms with Crippen LogP contribution in [0, 0.1) is 5.92 Å². The van der Waals surface area contributed by atoms with E-state index in [4.69, 9.17) is 4.74 Å². The second-order valence-electron chi connectivity index (χ2n) is 4.06. The third-order valence-electron chi connectivity index (χ3n) is 2.15. The molecule has 0 aromatic carbocycles. The van der Waals surface area contributed by atoms with Gasteiger partial charge in [0.15, 0.2) is 0 Å². The van der Waals surface area contributed by atoms with Crippen molar-refractivity contribution in [2.45, 2.75) is 13.8 Å². The van der Waals surface area contributed by atoms with Gasteiger partial charge in [-0.2, -0.15) is 0 Å². The predicted molar refractivity (Wildman–Crippen MR) is 63.2 cm³/mol. The first-order chi connectivity index (χ1) is 7.66. The van der Waals surface area contributed by atoms with Crippen molar-refractivity contribution in [3.05, 3.63) is 15.4 Å². The van der Waals surface area contributed by atoms with Gasteiger partial charge in [0.2, 0.25) is 0 Å². The molecule has 0 spiro atoms. The molecule has 0 radical (unpaired) electrons. The number of hydrogen-bond donors (Lipinski definition) is 0. The van der Waals surface area contributed by atoms with Gasteiger partial charge in [-0.05, 0) is 12.0 Å². The maximum Gasteiger partial charge on any atom is 0.414 e. The van der Waals surface area contributed by atoms with E-state index in [2.05, 4.69) is 4.98 Å². The summed E-state index contributed by atoms with van der Waals surface area (Å²) in [5.41, 5.74) is 1.78. The second kappa shape index (κ2) is 4.65. The summed E-state index contributed by atoms with van der Waals surface area (Å²) in [6, 6.07) is 0. The fourth-order valence-electron chi connectivity index (χ4n) is 1.34. The molecule has 0 unspecified atom stereocenters. The number of amides is 1. The van der Waals surface area contributed by atoms with Crippen LogP contribution in [0.15, 0.2) is 5.51 Å². The van der Waals surface area contributed by atoms with Crippen molar-refractivity contribution < 1.29 is 9.53 Å². The smallest absolute Gasteiger partial charge is 0.414 e. The Labute approximate surface area is 97.9 Å². The zero-order valence-corrected chi connectivity index (χ0v) is 10.2. The van der Waals surface area contributed by atoms with Crippen molar-refractivity contribution in [2.24, 2.45) is 5.92 Å². The molecule has 0 saturated carbocycles. The third-order valence-corrected chi connectivity index (χ3v) is 2.93. The summed E-state index contributed by atoms with van der Waals surface area (Å²) < 4.78 is 6.16. The molecule has 4 nitrogen and oxygen atoms in total. The standard InChI is InChI=1S/C11H14N2O2S/c1-8(2)6-15-11(14)13-4-3-9-10(5-13)16-7-12-9/h3,5,7-8H,4,6H2,1-2H3. The Hall–Kier alpha value is -1.36. The van der Waals surface area contributed by atoms with Crippen LogP contribution in [0.1, 0.15) is 13.8 Å². The molecule has 1 aromatic heterocycles. The number of carbonyl (C=O) groups is 1. The van der Waals surface area contributed by atoms with Gasteiger partial charge in [-0.25, -0.2) is 9.78 Å². The number of rotatable bonds is 2. The second-order valence-corrected chi connectivity index (χ2v) is 4.94. The first-order valence-electron chi connectivity index (χ1n) is 5.22. The van der Waals surface area contributed by atoms with Crippen LogP contribution in [0.4, 0.5) is 4.79 Å². The first-order valence-corrected chi connectivity index (χ1v) is 6.09. The van der Waals surface area contributed by atoms with Gasteiger partial charge >= 0.3 is 6.09 Å². The average molecular weight is 238 g/mol. The molecule has 0 saturated heterocycles. The Morgan fingerprint density at radius 2 is 2.50 bits per heavy atom. The lowest BCUT2D eigenvalue weighted by Gasteiger charge is -2.18. The minimum atomic E-state index is -0.288. The summed E-state index contributed by atoms with van der Waals surface area (Å²) in [6.45, 7) is 5.02. The molecule has 16 heavy (non-hydrogen) atoms. The number of thiazole rings is 1.